The van der Waals surface area contributed by atoms with E-state index < -0.39 is 0 Å². The number of β-amino-alcohol motifs (C(OH)–C–C–N with tert-alkyl or cyclic N) is 1. The van der Waals surface area contributed by atoms with Crippen LogP contribution in [0.1, 0.15) is 18.1 Å². The van der Waals surface area contributed by atoms with E-state index >= 15 is 0 Å². The molecule has 1 saturated heterocycles. The second-order valence-corrected chi connectivity index (χ2v) is 8.16. The first-order chi connectivity index (χ1) is 15.3. The first kappa shape index (κ1) is 23.2. The van der Waals surface area contributed by atoms with Crippen LogP contribution in [0.5, 0.6) is 0 Å². The maximum Gasteiger partial charge on any atom is 0.161 e. The molecule has 0 atom stereocenters. The van der Waals surface area contributed by atoms with Crippen molar-refractivity contribution < 1.29 is 5.11 Å². The molecule has 1 aromatic carbocycles. The van der Waals surface area contributed by atoms with Crippen molar-refractivity contribution in [1.29, 1.82) is 0 Å². The highest BCUT2D eigenvalue weighted by Gasteiger charge is 2.29. The van der Waals surface area contributed by atoms with E-state index in [-0.39, 0.29) is 6.10 Å². The van der Waals surface area contributed by atoms with Crippen molar-refractivity contribution in [3.05, 3.63) is 78.7 Å². The van der Waals surface area contributed by atoms with Crippen molar-refractivity contribution >= 4 is 23.2 Å². The van der Waals surface area contributed by atoms with Gasteiger partial charge in [-0.15, -0.1) is 0 Å². The number of anilines is 1. The second kappa shape index (κ2) is 10.2. The van der Waals surface area contributed by atoms with Gasteiger partial charge in [0.05, 0.1) is 6.10 Å². The lowest BCUT2D eigenvalue weighted by atomic mass is 10.0. The minimum absolute atomic E-state index is 0.343. The number of hydrogen-bond acceptors (Lipinski definition) is 6. The molecule has 1 fully saturated rings. The minimum atomic E-state index is -0.343. The van der Waals surface area contributed by atoms with E-state index in [1.165, 1.54) is 0 Å². The van der Waals surface area contributed by atoms with Gasteiger partial charge in [0.15, 0.2) is 5.82 Å². The Hall–Kier alpha value is -3.51. The molecule has 1 aromatic heterocycles. The highest BCUT2D eigenvalue weighted by molar-refractivity contribution is 6.12. The Labute approximate surface area is 190 Å². The van der Waals surface area contributed by atoms with E-state index in [0.29, 0.717) is 18.9 Å². The highest BCUT2D eigenvalue weighted by Crippen LogP contribution is 2.31. The average Bonchev–Trinajstić information content (AvgIpc) is 2.74. The Morgan fingerprint density at radius 2 is 2.03 bits per heavy atom. The lowest BCUT2D eigenvalue weighted by Crippen LogP contribution is -2.51. The quantitative estimate of drug-likeness (QED) is 0.506. The van der Waals surface area contributed by atoms with Crippen LogP contribution < -0.4 is 4.90 Å². The molecule has 2 heterocycles. The summed E-state index contributed by atoms with van der Waals surface area (Å²) in [5.74, 6) is 1.41. The smallest absolute Gasteiger partial charge is 0.161 e. The molecule has 0 amide bonds. The van der Waals surface area contributed by atoms with Gasteiger partial charge in [-0.1, -0.05) is 49.1 Å². The molecule has 0 unspecified atom stereocenters. The SMILES string of the molecule is C=C/C(=C\N(C)C)c1cccc(-c2ncc(C(/C=N\C)=C/C(=C)C)c(N3CC(O)C3)n2)c1. The number of aromatic nitrogens is 2. The van der Waals surface area contributed by atoms with Crippen LogP contribution in [-0.2, 0) is 0 Å². The number of aliphatic hydroxyl groups excluding tert-OH is 1. The third kappa shape index (κ3) is 5.39. The Kier molecular flexibility index (Phi) is 7.38. The van der Waals surface area contributed by atoms with Gasteiger partial charge in [-0.05, 0) is 24.1 Å². The van der Waals surface area contributed by atoms with E-state index in [1.54, 1.807) is 13.3 Å². The fourth-order valence-corrected chi connectivity index (χ4v) is 3.54. The van der Waals surface area contributed by atoms with Crippen molar-refractivity contribution in [2.75, 3.05) is 39.1 Å². The molecular weight excluding hydrogens is 398 g/mol. The Balaban J connectivity index is 2.10. The molecule has 0 aliphatic carbocycles. The molecule has 166 valence electrons. The molecule has 32 heavy (non-hydrogen) atoms. The zero-order chi connectivity index (χ0) is 23.3. The molecule has 3 rings (SSSR count). The molecule has 6 heteroatoms. The predicted octanol–water partition coefficient (Wildman–Crippen LogP) is 4.07. The molecule has 1 N–H and O–H groups in total. The van der Waals surface area contributed by atoms with Crippen molar-refractivity contribution in [3.63, 3.8) is 0 Å². The molecule has 1 aliphatic rings. The standard InChI is InChI=1S/C26H31N5O/c1-7-19(15-30(5)6)20-9-8-10-21(12-20)25-28-14-24(22(13-27-4)11-18(2)3)26(29-25)31-16-23(32)17-31/h7-15,23,32H,1-2,16-17H2,3-6H3/b19-15+,22-11+,27-13-. The van der Waals surface area contributed by atoms with Crippen LogP contribution in [0.4, 0.5) is 5.82 Å². The van der Waals surface area contributed by atoms with Crippen LogP contribution in [0.3, 0.4) is 0 Å². The Bertz CT molecular complexity index is 1090. The van der Waals surface area contributed by atoms with Gasteiger partial charge in [0.25, 0.3) is 0 Å². The molecule has 6 nitrogen and oxygen atoms in total. The van der Waals surface area contributed by atoms with Crippen LogP contribution in [0.2, 0.25) is 0 Å². The number of allylic oxidation sites excluding steroid dienone is 5. The van der Waals surface area contributed by atoms with E-state index in [4.69, 9.17) is 4.98 Å². The molecule has 0 bridgehead atoms. The van der Waals surface area contributed by atoms with Crippen LogP contribution in [-0.4, -0.2) is 66.5 Å². The first-order valence-corrected chi connectivity index (χ1v) is 10.5. The van der Waals surface area contributed by atoms with Crippen molar-refractivity contribution in [2.45, 2.75) is 13.0 Å². The average molecular weight is 430 g/mol. The fraction of sp³-hybridized carbons (Fsp3) is 0.269. The highest BCUT2D eigenvalue weighted by atomic mass is 16.3. The van der Waals surface area contributed by atoms with Gasteiger partial charge < -0.3 is 14.9 Å². The zero-order valence-electron chi connectivity index (χ0n) is 19.3. The van der Waals surface area contributed by atoms with Gasteiger partial charge >= 0.3 is 0 Å². The topological polar surface area (TPSA) is 64.9 Å². The van der Waals surface area contributed by atoms with Crippen LogP contribution in [0.25, 0.3) is 22.5 Å². The lowest BCUT2D eigenvalue weighted by molar-refractivity contribution is 0.141. The minimum Gasteiger partial charge on any atom is -0.389 e. The Morgan fingerprint density at radius 3 is 2.62 bits per heavy atom. The van der Waals surface area contributed by atoms with Crippen molar-refractivity contribution in [1.82, 2.24) is 14.9 Å². The van der Waals surface area contributed by atoms with E-state index in [0.717, 1.165) is 39.2 Å². The van der Waals surface area contributed by atoms with Crippen molar-refractivity contribution in [2.24, 2.45) is 4.99 Å². The number of rotatable bonds is 8. The third-order valence-corrected chi connectivity index (χ3v) is 4.98. The maximum atomic E-state index is 9.88. The van der Waals surface area contributed by atoms with E-state index in [1.807, 2.05) is 68.7 Å². The normalized spacial score (nSPS) is 15.1. The number of aliphatic hydroxyl groups is 1. The largest absolute Gasteiger partial charge is 0.389 e. The summed E-state index contributed by atoms with van der Waals surface area (Å²) in [6.45, 7) is 11.0. The maximum absolute atomic E-state index is 9.88. The van der Waals surface area contributed by atoms with E-state index in [2.05, 4.69) is 34.1 Å². The summed E-state index contributed by atoms with van der Waals surface area (Å²) in [5, 5.41) is 9.88. The summed E-state index contributed by atoms with van der Waals surface area (Å²) in [5.41, 5.74) is 5.64. The fourth-order valence-electron chi connectivity index (χ4n) is 3.54. The van der Waals surface area contributed by atoms with Crippen molar-refractivity contribution in [3.8, 4) is 11.4 Å². The molecular formula is C26H31N5O. The summed E-state index contributed by atoms with van der Waals surface area (Å²) < 4.78 is 0. The Morgan fingerprint density at radius 1 is 1.28 bits per heavy atom. The number of nitrogens with zero attached hydrogens (tertiary/aromatic N) is 5. The first-order valence-electron chi connectivity index (χ1n) is 10.5. The second-order valence-electron chi connectivity index (χ2n) is 8.16. The molecule has 0 saturated carbocycles. The summed E-state index contributed by atoms with van der Waals surface area (Å²) in [6.07, 6.45) is 9.11. The van der Waals surface area contributed by atoms with Gasteiger partial charge in [0.2, 0.25) is 0 Å². The van der Waals surface area contributed by atoms with Crippen LogP contribution in [0.15, 0.2) is 72.5 Å². The summed E-state index contributed by atoms with van der Waals surface area (Å²) >= 11 is 0. The molecule has 0 radical (unpaired) electrons. The summed E-state index contributed by atoms with van der Waals surface area (Å²) in [7, 11) is 5.70. The third-order valence-electron chi connectivity index (χ3n) is 4.98. The lowest BCUT2D eigenvalue weighted by Gasteiger charge is -2.38. The summed E-state index contributed by atoms with van der Waals surface area (Å²) in [6, 6.07) is 8.12. The van der Waals surface area contributed by atoms with Gasteiger partial charge in [0, 0.05) is 69.5 Å². The zero-order valence-corrected chi connectivity index (χ0v) is 19.3. The molecule has 2 aromatic rings. The predicted molar refractivity (Wildman–Crippen MR) is 135 cm³/mol. The van der Waals surface area contributed by atoms with Crippen LogP contribution in [0, 0.1) is 0 Å². The summed E-state index contributed by atoms with van der Waals surface area (Å²) in [4.78, 5) is 17.8. The number of hydrogen-bond donors (Lipinski definition) is 1. The van der Waals surface area contributed by atoms with Gasteiger partial charge in [-0.25, -0.2) is 9.97 Å². The van der Waals surface area contributed by atoms with E-state index in [9.17, 15) is 5.11 Å². The molecule has 0 spiro atoms. The monoisotopic (exact) mass is 429 g/mol. The number of benzene rings is 1. The van der Waals surface area contributed by atoms with Gasteiger partial charge in [-0.2, -0.15) is 0 Å². The van der Waals surface area contributed by atoms with Gasteiger partial charge in [-0.3, -0.25) is 4.99 Å². The van der Waals surface area contributed by atoms with Crippen LogP contribution >= 0.6 is 0 Å². The number of aliphatic imine (C=N–C) groups is 1. The van der Waals surface area contributed by atoms with Gasteiger partial charge in [0.1, 0.15) is 5.82 Å². The molecule has 1 aliphatic heterocycles.